The molecular formula is C19H28O3. The van der Waals surface area contributed by atoms with Gasteiger partial charge in [-0.05, 0) is 68.1 Å². The number of fused-ring (bicyclic) bond motifs is 5. The summed E-state index contributed by atoms with van der Waals surface area (Å²) >= 11 is 0. The molecule has 0 unspecified atom stereocenters. The van der Waals surface area contributed by atoms with E-state index in [0.717, 1.165) is 19.3 Å². The van der Waals surface area contributed by atoms with Crippen molar-refractivity contribution in [3.63, 3.8) is 0 Å². The van der Waals surface area contributed by atoms with Gasteiger partial charge in [-0.3, -0.25) is 4.79 Å². The van der Waals surface area contributed by atoms with Crippen molar-refractivity contribution in [2.75, 3.05) is 0 Å². The van der Waals surface area contributed by atoms with Crippen LogP contribution in [0.25, 0.3) is 0 Å². The minimum absolute atomic E-state index is 0.106. The zero-order valence-electron chi connectivity index (χ0n) is 13.6. The first-order valence-corrected chi connectivity index (χ1v) is 9.09. The summed E-state index contributed by atoms with van der Waals surface area (Å²) in [5, 5.41) is 20.0. The lowest BCUT2D eigenvalue weighted by molar-refractivity contribution is -0.189. The normalized spacial score (nSPS) is 47.7. The Labute approximate surface area is 132 Å². The summed E-state index contributed by atoms with van der Waals surface area (Å²) in [6, 6.07) is 0. The molecule has 0 aliphatic heterocycles. The van der Waals surface area contributed by atoms with Crippen LogP contribution in [0, 0.1) is 28.6 Å². The summed E-state index contributed by atoms with van der Waals surface area (Å²) in [5.74, 6) is 1.38. The predicted molar refractivity (Wildman–Crippen MR) is 83.9 cm³/mol. The molecule has 3 heteroatoms. The molecule has 0 bridgehead atoms. The predicted octanol–water partition coefficient (Wildman–Crippen LogP) is 3.20. The van der Waals surface area contributed by atoms with E-state index >= 15 is 0 Å². The number of ketones is 1. The largest absolute Gasteiger partial charge is 0.367 e. The minimum Gasteiger partial charge on any atom is -0.367 e. The van der Waals surface area contributed by atoms with E-state index in [9.17, 15) is 15.0 Å². The fourth-order valence-corrected chi connectivity index (χ4v) is 6.67. The van der Waals surface area contributed by atoms with E-state index in [1.54, 1.807) is 5.57 Å². The van der Waals surface area contributed by atoms with Crippen molar-refractivity contribution in [3.8, 4) is 0 Å². The van der Waals surface area contributed by atoms with Crippen molar-refractivity contribution >= 4 is 5.78 Å². The van der Waals surface area contributed by atoms with Crippen LogP contribution < -0.4 is 0 Å². The molecule has 4 aliphatic carbocycles. The van der Waals surface area contributed by atoms with Gasteiger partial charge in [0.2, 0.25) is 0 Å². The monoisotopic (exact) mass is 304 g/mol. The maximum atomic E-state index is 12.5. The van der Waals surface area contributed by atoms with Crippen molar-refractivity contribution in [2.24, 2.45) is 28.6 Å². The number of hydrogen-bond donors (Lipinski definition) is 2. The average Bonchev–Trinajstić information content (AvgIpc) is 2.85. The third-order valence-electron chi connectivity index (χ3n) is 7.81. The first kappa shape index (κ1) is 14.9. The second-order valence-electron chi connectivity index (χ2n) is 8.38. The summed E-state index contributed by atoms with van der Waals surface area (Å²) in [7, 11) is 0. The first-order chi connectivity index (χ1) is 10.5. The molecule has 0 heterocycles. The molecule has 0 aromatic heterocycles. The van der Waals surface area contributed by atoms with Crippen LogP contribution in [-0.2, 0) is 4.79 Å². The molecule has 0 aromatic carbocycles. The molecule has 4 aliphatic rings. The molecule has 122 valence electrons. The Kier molecular flexibility index (Phi) is 3.32. The maximum Gasteiger partial charge on any atom is 0.164 e. The number of carbonyl (C=O) groups is 1. The quantitative estimate of drug-likeness (QED) is 0.578. The summed E-state index contributed by atoms with van der Waals surface area (Å²) < 4.78 is 0. The summed E-state index contributed by atoms with van der Waals surface area (Å²) in [5.41, 5.74) is 1.11. The number of Topliss-reactive ketones (excluding diaryl/α,β-unsaturated/α-hetero) is 1. The Hall–Kier alpha value is -0.670. The smallest absolute Gasteiger partial charge is 0.164 e. The number of hydrogen-bond acceptors (Lipinski definition) is 3. The highest BCUT2D eigenvalue weighted by molar-refractivity contribution is 5.88. The van der Waals surface area contributed by atoms with Gasteiger partial charge in [0, 0.05) is 6.42 Å². The van der Waals surface area contributed by atoms with Crippen LogP contribution in [0.1, 0.15) is 64.7 Å². The van der Waals surface area contributed by atoms with E-state index in [1.165, 1.54) is 25.7 Å². The van der Waals surface area contributed by atoms with Crippen LogP contribution in [0.4, 0.5) is 0 Å². The summed E-state index contributed by atoms with van der Waals surface area (Å²) in [6.45, 7) is 2.44. The van der Waals surface area contributed by atoms with Crippen molar-refractivity contribution in [3.05, 3.63) is 11.6 Å². The molecule has 0 radical (unpaired) electrons. The van der Waals surface area contributed by atoms with Gasteiger partial charge >= 0.3 is 0 Å². The van der Waals surface area contributed by atoms with Crippen LogP contribution in [0.15, 0.2) is 11.6 Å². The van der Waals surface area contributed by atoms with Crippen LogP contribution in [0.3, 0.4) is 0 Å². The molecule has 0 spiro atoms. The van der Waals surface area contributed by atoms with Gasteiger partial charge in [-0.25, -0.2) is 0 Å². The zero-order chi connectivity index (χ0) is 15.5. The third kappa shape index (κ3) is 1.73. The highest BCUT2D eigenvalue weighted by Gasteiger charge is 2.62. The van der Waals surface area contributed by atoms with Gasteiger partial charge in [0.1, 0.15) is 5.78 Å². The Morgan fingerprint density at radius 3 is 2.73 bits per heavy atom. The highest BCUT2D eigenvalue weighted by Crippen LogP contribution is 2.64. The van der Waals surface area contributed by atoms with Crippen molar-refractivity contribution in [1.29, 1.82) is 0 Å². The van der Waals surface area contributed by atoms with Gasteiger partial charge < -0.3 is 10.2 Å². The molecule has 0 saturated heterocycles. The van der Waals surface area contributed by atoms with Gasteiger partial charge in [-0.1, -0.05) is 25.0 Å². The molecular weight excluding hydrogens is 276 g/mol. The molecule has 5 atom stereocenters. The number of allylic oxidation sites excluding steroid dienone is 2. The second kappa shape index (κ2) is 4.91. The Morgan fingerprint density at radius 2 is 1.95 bits per heavy atom. The number of rotatable bonds is 1. The fraction of sp³-hybridized carbons (Fsp3) is 0.842. The molecule has 3 saturated carbocycles. The molecule has 2 N–H and O–H groups in total. The minimum atomic E-state index is -1.47. The van der Waals surface area contributed by atoms with E-state index in [0.29, 0.717) is 30.1 Å². The molecule has 4 rings (SSSR count). The Bertz CT molecular complexity index is 523. The Balaban J connectivity index is 1.73. The molecule has 3 nitrogen and oxygen atoms in total. The van der Waals surface area contributed by atoms with Gasteiger partial charge in [-0.15, -0.1) is 0 Å². The van der Waals surface area contributed by atoms with E-state index < -0.39 is 11.7 Å². The second-order valence-corrected chi connectivity index (χ2v) is 8.38. The summed E-state index contributed by atoms with van der Waals surface area (Å²) in [6.07, 6.45) is 10.2. The molecule has 0 aromatic rings. The molecule has 3 fully saturated rings. The van der Waals surface area contributed by atoms with Crippen LogP contribution >= 0.6 is 0 Å². The van der Waals surface area contributed by atoms with Crippen molar-refractivity contribution < 1.29 is 15.0 Å². The topological polar surface area (TPSA) is 57.5 Å². The number of carbonyl (C=O) groups excluding carboxylic acids is 1. The standard InChI is InChI=1S/C19H28O3/c1-18-10-3-2-4-12(18)5-6-13-14(18)9-11-19(17(21)22)15(13)7-8-16(19)20/h5,13-15,17,21-22H,2-4,6-11H2,1H3/t13-,14+,15+,18+,19-/m1/s1. The van der Waals surface area contributed by atoms with Gasteiger partial charge in [0.05, 0.1) is 5.41 Å². The van der Waals surface area contributed by atoms with Gasteiger partial charge in [0.25, 0.3) is 0 Å². The van der Waals surface area contributed by atoms with E-state index in [-0.39, 0.29) is 11.7 Å². The third-order valence-corrected chi connectivity index (χ3v) is 7.81. The number of aliphatic hydroxyl groups excluding tert-OH is 1. The lowest BCUT2D eigenvalue weighted by atomic mass is 9.48. The summed E-state index contributed by atoms with van der Waals surface area (Å²) in [4.78, 5) is 12.5. The molecule has 22 heavy (non-hydrogen) atoms. The molecule has 0 amide bonds. The van der Waals surface area contributed by atoms with Crippen LogP contribution in [0.5, 0.6) is 0 Å². The lowest BCUT2D eigenvalue weighted by Gasteiger charge is -2.57. The van der Waals surface area contributed by atoms with Crippen LogP contribution in [0.2, 0.25) is 0 Å². The maximum absolute atomic E-state index is 12.5. The van der Waals surface area contributed by atoms with E-state index in [2.05, 4.69) is 13.0 Å². The van der Waals surface area contributed by atoms with Crippen LogP contribution in [-0.4, -0.2) is 22.3 Å². The zero-order valence-corrected chi connectivity index (χ0v) is 13.6. The van der Waals surface area contributed by atoms with E-state index in [4.69, 9.17) is 0 Å². The van der Waals surface area contributed by atoms with Crippen molar-refractivity contribution in [1.82, 2.24) is 0 Å². The van der Waals surface area contributed by atoms with Gasteiger partial charge in [0.15, 0.2) is 6.29 Å². The Morgan fingerprint density at radius 1 is 1.14 bits per heavy atom. The average molecular weight is 304 g/mol. The lowest BCUT2D eigenvalue weighted by Crippen LogP contribution is -2.54. The van der Waals surface area contributed by atoms with Crippen molar-refractivity contribution in [2.45, 2.75) is 71.0 Å². The highest BCUT2D eigenvalue weighted by atomic mass is 16.5. The SMILES string of the molecule is C[C@]12CCCCC1=CC[C@@H]1[C@@H]2CC[C@]2(C(O)O)C(=O)CC[C@@H]12. The van der Waals surface area contributed by atoms with E-state index in [1.807, 2.05) is 0 Å². The first-order valence-electron chi connectivity index (χ1n) is 9.09. The number of aliphatic hydroxyl groups is 2. The van der Waals surface area contributed by atoms with Gasteiger partial charge in [-0.2, -0.15) is 0 Å². The fourth-order valence-electron chi connectivity index (χ4n) is 6.67.